The fraction of sp³-hybridized carbons (Fsp3) is 0.500. The third-order valence-corrected chi connectivity index (χ3v) is 2.21. The second-order valence-electron chi connectivity index (χ2n) is 3.97. The number of rotatable bonds is 5. The molecule has 5 heteroatoms. The van der Waals surface area contributed by atoms with Gasteiger partial charge in [-0.05, 0) is 26.0 Å². The van der Waals surface area contributed by atoms with E-state index in [1.165, 1.54) is 4.90 Å². The van der Waals surface area contributed by atoms with E-state index in [-0.39, 0.29) is 5.91 Å². The molecule has 0 aliphatic rings. The van der Waals surface area contributed by atoms with E-state index in [4.69, 9.17) is 0 Å². The average molecular weight is 237 g/mol. The molecule has 1 aromatic heterocycles. The molecule has 1 unspecified atom stereocenters. The third kappa shape index (κ3) is 4.03. The fourth-order valence-electron chi connectivity index (χ4n) is 1.51. The van der Waals surface area contributed by atoms with Gasteiger partial charge in [-0.25, -0.2) is 4.98 Å². The van der Waals surface area contributed by atoms with Crippen molar-refractivity contribution in [1.29, 1.82) is 0 Å². The number of aliphatic hydroxyl groups is 1. The first-order valence-corrected chi connectivity index (χ1v) is 5.69. The van der Waals surface area contributed by atoms with Crippen molar-refractivity contribution in [3.63, 3.8) is 0 Å². The molecule has 0 saturated carbocycles. The van der Waals surface area contributed by atoms with Gasteiger partial charge in [0, 0.05) is 20.1 Å². The Bertz CT molecular complexity index is 380. The van der Waals surface area contributed by atoms with Crippen molar-refractivity contribution in [3.05, 3.63) is 23.9 Å². The number of hydrogen-bond donors (Lipinski definition) is 2. The zero-order chi connectivity index (χ0) is 12.8. The van der Waals surface area contributed by atoms with Crippen LogP contribution in [0, 0.1) is 0 Å². The number of hydrogen-bond acceptors (Lipinski definition) is 4. The van der Waals surface area contributed by atoms with E-state index >= 15 is 0 Å². The summed E-state index contributed by atoms with van der Waals surface area (Å²) < 4.78 is 0. The van der Waals surface area contributed by atoms with Crippen LogP contribution in [0.1, 0.15) is 24.3 Å². The normalized spacial score (nSPS) is 12.0. The van der Waals surface area contributed by atoms with Crippen LogP contribution in [0.3, 0.4) is 0 Å². The van der Waals surface area contributed by atoms with Crippen LogP contribution in [0.15, 0.2) is 18.2 Å². The first-order chi connectivity index (χ1) is 8.04. The quantitative estimate of drug-likeness (QED) is 0.800. The zero-order valence-corrected chi connectivity index (χ0v) is 10.5. The Labute approximate surface area is 101 Å². The van der Waals surface area contributed by atoms with E-state index in [9.17, 15) is 9.90 Å². The molecule has 0 aromatic carbocycles. The Morgan fingerprint density at radius 2 is 2.29 bits per heavy atom. The largest absolute Gasteiger partial charge is 0.392 e. The van der Waals surface area contributed by atoms with Gasteiger partial charge < -0.3 is 15.3 Å². The summed E-state index contributed by atoms with van der Waals surface area (Å²) >= 11 is 0. The van der Waals surface area contributed by atoms with Gasteiger partial charge in [0.25, 0.3) is 5.91 Å². The summed E-state index contributed by atoms with van der Waals surface area (Å²) in [5.41, 5.74) is 0.381. The summed E-state index contributed by atoms with van der Waals surface area (Å²) in [6.07, 6.45) is -0.541. The smallest absolute Gasteiger partial charge is 0.272 e. The molecule has 94 valence electrons. The molecule has 1 atom stereocenters. The molecule has 1 aromatic rings. The van der Waals surface area contributed by atoms with E-state index < -0.39 is 6.10 Å². The molecule has 0 saturated heterocycles. The van der Waals surface area contributed by atoms with E-state index in [1.54, 1.807) is 26.1 Å². The van der Waals surface area contributed by atoms with E-state index in [1.807, 2.05) is 13.0 Å². The number of nitrogens with zero attached hydrogens (tertiary/aromatic N) is 2. The number of aromatic nitrogens is 1. The number of amides is 1. The van der Waals surface area contributed by atoms with Crippen LogP contribution in [0.5, 0.6) is 0 Å². The van der Waals surface area contributed by atoms with Gasteiger partial charge in [0.2, 0.25) is 0 Å². The number of pyridine rings is 1. The lowest BCUT2D eigenvalue weighted by molar-refractivity contribution is 0.0698. The highest BCUT2D eigenvalue weighted by atomic mass is 16.3. The minimum atomic E-state index is -0.541. The molecule has 0 aliphatic heterocycles. The molecule has 0 fully saturated rings. The maximum Gasteiger partial charge on any atom is 0.272 e. The average Bonchev–Trinajstić information content (AvgIpc) is 2.28. The van der Waals surface area contributed by atoms with Crippen LogP contribution in [0.2, 0.25) is 0 Å². The number of nitrogens with one attached hydrogen (secondary N) is 1. The summed E-state index contributed by atoms with van der Waals surface area (Å²) in [7, 11) is 1.65. The van der Waals surface area contributed by atoms with Gasteiger partial charge in [-0.15, -0.1) is 0 Å². The molecule has 1 heterocycles. The van der Waals surface area contributed by atoms with Crippen LogP contribution in [-0.2, 0) is 0 Å². The van der Waals surface area contributed by atoms with Crippen LogP contribution in [-0.4, -0.2) is 47.1 Å². The van der Waals surface area contributed by atoms with Crippen molar-refractivity contribution in [2.24, 2.45) is 0 Å². The van der Waals surface area contributed by atoms with Crippen LogP contribution >= 0.6 is 0 Å². The van der Waals surface area contributed by atoms with Gasteiger partial charge in [0.1, 0.15) is 11.5 Å². The van der Waals surface area contributed by atoms with Crippen molar-refractivity contribution in [2.75, 3.05) is 25.5 Å². The molecular formula is C12H19N3O2. The van der Waals surface area contributed by atoms with Crippen molar-refractivity contribution >= 4 is 11.7 Å². The van der Waals surface area contributed by atoms with Crippen LogP contribution < -0.4 is 5.32 Å². The topological polar surface area (TPSA) is 65.5 Å². The number of likely N-dealkylation sites (N-methyl/N-ethyl adjacent to an activating group) is 1. The summed E-state index contributed by atoms with van der Waals surface area (Å²) in [6.45, 7) is 4.67. The Hall–Kier alpha value is -1.62. The van der Waals surface area contributed by atoms with Gasteiger partial charge in [-0.1, -0.05) is 6.07 Å². The van der Waals surface area contributed by atoms with Crippen LogP contribution in [0.25, 0.3) is 0 Å². The Morgan fingerprint density at radius 3 is 2.88 bits per heavy atom. The summed E-state index contributed by atoms with van der Waals surface area (Å²) in [6, 6.07) is 5.27. The van der Waals surface area contributed by atoms with Crippen molar-refractivity contribution in [1.82, 2.24) is 9.88 Å². The number of carbonyl (C=O) groups is 1. The first kappa shape index (κ1) is 13.4. The molecule has 17 heavy (non-hydrogen) atoms. The van der Waals surface area contributed by atoms with Crippen molar-refractivity contribution in [2.45, 2.75) is 20.0 Å². The van der Waals surface area contributed by atoms with Gasteiger partial charge in [0.15, 0.2) is 0 Å². The SMILES string of the molecule is CCNc1cccc(C(=O)N(C)CC(C)O)n1. The van der Waals surface area contributed by atoms with Gasteiger partial charge in [0.05, 0.1) is 6.10 Å². The van der Waals surface area contributed by atoms with E-state index in [0.717, 1.165) is 6.54 Å². The molecule has 0 aliphatic carbocycles. The third-order valence-electron chi connectivity index (χ3n) is 2.21. The Balaban J connectivity index is 2.77. The lowest BCUT2D eigenvalue weighted by atomic mass is 10.3. The van der Waals surface area contributed by atoms with Gasteiger partial charge in [-0.2, -0.15) is 0 Å². The van der Waals surface area contributed by atoms with Crippen molar-refractivity contribution in [3.8, 4) is 0 Å². The number of aliphatic hydroxyl groups excluding tert-OH is 1. The molecule has 0 radical (unpaired) electrons. The predicted octanol–water partition coefficient (Wildman–Crippen LogP) is 0.966. The Kier molecular flexibility index (Phi) is 4.90. The maximum atomic E-state index is 12.0. The first-order valence-electron chi connectivity index (χ1n) is 5.69. The predicted molar refractivity (Wildman–Crippen MR) is 67.0 cm³/mol. The monoisotopic (exact) mass is 237 g/mol. The second kappa shape index (κ2) is 6.20. The zero-order valence-electron chi connectivity index (χ0n) is 10.5. The minimum absolute atomic E-state index is 0.189. The van der Waals surface area contributed by atoms with Gasteiger partial charge >= 0.3 is 0 Å². The molecule has 5 nitrogen and oxygen atoms in total. The Morgan fingerprint density at radius 1 is 1.59 bits per heavy atom. The molecule has 0 bridgehead atoms. The molecule has 1 amide bonds. The molecular weight excluding hydrogens is 218 g/mol. The van der Waals surface area contributed by atoms with Crippen molar-refractivity contribution < 1.29 is 9.90 Å². The molecule has 2 N–H and O–H groups in total. The molecule has 1 rings (SSSR count). The molecule has 0 spiro atoms. The standard InChI is InChI=1S/C12H19N3O2/c1-4-13-11-7-5-6-10(14-11)12(17)15(3)8-9(2)16/h5-7,9,16H,4,8H2,1-3H3,(H,13,14). The summed E-state index contributed by atoms with van der Waals surface area (Å²) in [5.74, 6) is 0.495. The van der Waals surface area contributed by atoms with Crippen LogP contribution in [0.4, 0.5) is 5.82 Å². The highest BCUT2D eigenvalue weighted by molar-refractivity contribution is 5.92. The number of carbonyl (C=O) groups excluding carboxylic acids is 1. The fourth-order valence-corrected chi connectivity index (χ4v) is 1.51. The van der Waals surface area contributed by atoms with E-state index in [2.05, 4.69) is 10.3 Å². The maximum absolute atomic E-state index is 12.0. The number of anilines is 1. The lowest BCUT2D eigenvalue weighted by Crippen LogP contribution is -2.33. The second-order valence-corrected chi connectivity index (χ2v) is 3.97. The lowest BCUT2D eigenvalue weighted by Gasteiger charge is -2.18. The summed E-state index contributed by atoms with van der Waals surface area (Å²) in [5, 5.41) is 12.3. The van der Waals surface area contributed by atoms with E-state index in [0.29, 0.717) is 18.1 Å². The summed E-state index contributed by atoms with van der Waals surface area (Å²) in [4.78, 5) is 17.6. The highest BCUT2D eigenvalue weighted by Gasteiger charge is 2.14. The highest BCUT2D eigenvalue weighted by Crippen LogP contribution is 2.07. The minimum Gasteiger partial charge on any atom is -0.392 e. The van der Waals surface area contributed by atoms with Gasteiger partial charge in [-0.3, -0.25) is 4.79 Å².